The molecule has 1 rings (SSSR count). The molecule has 0 aliphatic carbocycles. The van der Waals surface area contributed by atoms with Crippen molar-refractivity contribution < 1.29 is 14.6 Å². The van der Waals surface area contributed by atoms with E-state index in [9.17, 15) is 5.11 Å². The number of aryl methyl sites for hydroxylation is 1. The molecule has 0 aliphatic heterocycles. The second-order valence-electron chi connectivity index (χ2n) is 4.82. The smallest absolute Gasteiger partial charge is 0.162 e. The summed E-state index contributed by atoms with van der Waals surface area (Å²) >= 11 is 0. The van der Waals surface area contributed by atoms with Crippen molar-refractivity contribution in [2.45, 2.75) is 58.8 Å². The molecule has 5 nitrogen and oxygen atoms in total. The summed E-state index contributed by atoms with van der Waals surface area (Å²) in [7, 11) is 1.59. The Morgan fingerprint density at radius 1 is 1.42 bits per heavy atom. The largest absolute Gasteiger partial charge is 0.493 e. The van der Waals surface area contributed by atoms with Crippen LogP contribution in [0.1, 0.15) is 52.3 Å². The van der Waals surface area contributed by atoms with Crippen molar-refractivity contribution in [3.05, 3.63) is 11.9 Å². The van der Waals surface area contributed by atoms with Crippen molar-refractivity contribution in [1.29, 1.82) is 0 Å². The van der Waals surface area contributed by atoms with Crippen LogP contribution in [0, 0.1) is 0 Å². The van der Waals surface area contributed by atoms with Crippen LogP contribution in [0.5, 0.6) is 5.75 Å². The molecule has 2 unspecified atom stereocenters. The second kappa shape index (κ2) is 6.91. The van der Waals surface area contributed by atoms with Gasteiger partial charge in [-0.15, -0.1) is 0 Å². The van der Waals surface area contributed by atoms with E-state index in [4.69, 9.17) is 9.47 Å². The van der Waals surface area contributed by atoms with E-state index < -0.39 is 11.7 Å². The number of nitrogens with zero attached hydrogens (tertiary/aromatic N) is 2. The minimum Gasteiger partial charge on any atom is -0.493 e. The number of aromatic nitrogens is 2. The van der Waals surface area contributed by atoms with Crippen LogP contribution < -0.4 is 4.74 Å². The van der Waals surface area contributed by atoms with E-state index in [1.54, 1.807) is 18.0 Å². The van der Waals surface area contributed by atoms with Gasteiger partial charge < -0.3 is 14.6 Å². The van der Waals surface area contributed by atoms with Gasteiger partial charge in [0.05, 0.1) is 18.9 Å². The zero-order valence-corrected chi connectivity index (χ0v) is 12.6. The first kappa shape index (κ1) is 16.0. The normalized spacial score (nSPS) is 16.1. The fraction of sp³-hybridized carbons (Fsp3) is 0.786. The van der Waals surface area contributed by atoms with E-state index >= 15 is 0 Å². The molecule has 1 aromatic heterocycles. The molecule has 1 N–H and O–H groups in total. The van der Waals surface area contributed by atoms with Crippen LogP contribution in [-0.4, -0.2) is 34.2 Å². The van der Waals surface area contributed by atoms with E-state index in [0.717, 1.165) is 13.0 Å². The number of aliphatic hydroxyl groups excluding tert-OH is 1. The van der Waals surface area contributed by atoms with Crippen LogP contribution in [0.4, 0.5) is 0 Å². The summed E-state index contributed by atoms with van der Waals surface area (Å²) in [5.74, 6) is 0.611. The Bertz CT molecular complexity index is 392. The molecule has 1 aromatic rings. The Kier molecular flexibility index (Phi) is 5.82. The van der Waals surface area contributed by atoms with Gasteiger partial charge in [-0.1, -0.05) is 13.8 Å². The molecular weight excluding hydrogens is 244 g/mol. The summed E-state index contributed by atoms with van der Waals surface area (Å²) in [6.45, 7) is 9.25. The number of rotatable bonds is 8. The molecule has 0 amide bonds. The lowest BCUT2D eigenvalue weighted by Gasteiger charge is -2.33. The Morgan fingerprint density at radius 2 is 2.11 bits per heavy atom. The van der Waals surface area contributed by atoms with Crippen LogP contribution in [-0.2, 0) is 11.3 Å². The SMILES string of the molecule is CCCn1ncc(OC)c1C(O)C(C)(CC)OCC. The quantitative estimate of drug-likeness (QED) is 0.788. The predicted octanol–water partition coefficient (Wildman–Crippen LogP) is 2.54. The molecule has 0 aromatic carbocycles. The van der Waals surface area contributed by atoms with Gasteiger partial charge in [0.1, 0.15) is 11.8 Å². The van der Waals surface area contributed by atoms with Crippen molar-refractivity contribution in [1.82, 2.24) is 9.78 Å². The van der Waals surface area contributed by atoms with E-state index in [-0.39, 0.29) is 0 Å². The van der Waals surface area contributed by atoms with Crippen LogP contribution >= 0.6 is 0 Å². The Balaban J connectivity index is 3.14. The highest BCUT2D eigenvalue weighted by molar-refractivity contribution is 5.29. The highest BCUT2D eigenvalue weighted by Crippen LogP contribution is 2.36. The standard InChI is InChI=1S/C14H26N2O3/c1-6-9-16-12(11(18-5)10-15-16)13(17)14(4,7-2)19-8-3/h10,13,17H,6-9H2,1-5H3. The fourth-order valence-electron chi connectivity index (χ4n) is 2.19. The van der Waals surface area contributed by atoms with Gasteiger partial charge >= 0.3 is 0 Å². The molecule has 0 saturated heterocycles. The number of ether oxygens (including phenoxy) is 2. The first-order valence-electron chi connectivity index (χ1n) is 6.95. The van der Waals surface area contributed by atoms with Crippen molar-refractivity contribution in [3.8, 4) is 5.75 Å². The number of aliphatic hydroxyl groups is 1. The summed E-state index contributed by atoms with van der Waals surface area (Å²) in [4.78, 5) is 0. The molecule has 5 heteroatoms. The molecule has 1 heterocycles. The molecule has 19 heavy (non-hydrogen) atoms. The average Bonchev–Trinajstić information content (AvgIpc) is 2.81. The minimum absolute atomic E-state index is 0.561. The molecule has 0 bridgehead atoms. The van der Waals surface area contributed by atoms with Gasteiger partial charge in [-0.05, 0) is 26.7 Å². The van der Waals surface area contributed by atoms with Crippen LogP contribution in [0.25, 0.3) is 0 Å². The zero-order chi connectivity index (χ0) is 14.5. The fourth-order valence-corrected chi connectivity index (χ4v) is 2.19. The van der Waals surface area contributed by atoms with Crippen LogP contribution in [0.2, 0.25) is 0 Å². The highest BCUT2D eigenvalue weighted by Gasteiger charge is 2.37. The Labute approximate surface area is 115 Å². The lowest BCUT2D eigenvalue weighted by Crippen LogP contribution is -2.37. The second-order valence-corrected chi connectivity index (χ2v) is 4.82. The van der Waals surface area contributed by atoms with Crippen molar-refractivity contribution >= 4 is 0 Å². The highest BCUT2D eigenvalue weighted by atomic mass is 16.5. The number of hydrogen-bond acceptors (Lipinski definition) is 4. The van der Waals surface area contributed by atoms with E-state index in [1.165, 1.54) is 0 Å². The Hall–Kier alpha value is -1.07. The van der Waals surface area contributed by atoms with Crippen molar-refractivity contribution in [2.75, 3.05) is 13.7 Å². The maximum absolute atomic E-state index is 10.7. The third-order valence-corrected chi connectivity index (χ3v) is 3.51. The topological polar surface area (TPSA) is 56.5 Å². The average molecular weight is 270 g/mol. The summed E-state index contributed by atoms with van der Waals surface area (Å²) < 4.78 is 12.9. The maximum atomic E-state index is 10.7. The molecule has 0 fully saturated rings. The molecule has 0 spiro atoms. The van der Waals surface area contributed by atoms with Crippen molar-refractivity contribution in [3.63, 3.8) is 0 Å². The van der Waals surface area contributed by atoms with E-state index in [1.807, 2.05) is 20.8 Å². The summed E-state index contributed by atoms with van der Waals surface area (Å²) in [6.07, 6.45) is 2.54. The summed E-state index contributed by atoms with van der Waals surface area (Å²) in [5, 5.41) is 15.0. The third-order valence-electron chi connectivity index (χ3n) is 3.51. The molecule has 0 aliphatic rings. The predicted molar refractivity (Wildman–Crippen MR) is 74.4 cm³/mol. The monoisotopic (exact) mass is 270 g/mol. The van der Waals surface area contributed by atoms with E-state index in [2.05, 4.69) is 12.0 Å². The third kappa shape index (κ3) is 3.28. The van der Waals surface area contributed by atoms with Gasteiger partial charge in [0.2, 0.25) is 0 Å². The molecule has 0 radical (unpaired) electrons. The van der Waals surface area contributed by atoms with Gasteiger partial charge in [-0.3, -0.25) is 4.68 Å². The van der Waals surface area contributed by atoms with Crippen LogP contribution in [0.3, 0.4) is 0 Å². The minimum atomic E-state index is -0.763. The molecule has 110 valence electrons. The zero-order valence-electron chi connectivity index (χ0n) is 12.6. The lowest BCUT2D eigenvalue weighted by molar-refractivity contribution is -0.116. The lowest BCUT2D eigenvalue weighted by atomic mass is 9.92. The number of methoxy groups -OCH3 is 1. The van der Waals surface area contributed by atoms with Gasteiger partial charge in [-0.25, -0.2) is 0 Å². The van der Waals surface area contributed by atoms with E-state index in [0.29, 0.717) is 24.5 Å². The summed E-state index contributed by atoms with van der Waals surface area (Å²) in [5.41, 5.74) is 0.0650. The number of hydrogen-bond donors (Lipinski definition) is 1. The van der Waals surface area contributed by atoms with Gasteiger partial charge in [0.25, 0.3) is 0 Å². The molecule has 2 atom stereocenters. The molecule has 0 saturated carbocycles. The van der Waals surface area contributed by atoms with Gasteiger partial charge in [0, 0.05) is 13.2 Å². The first-order chi connectivity index (χ1) is 9.03. The Morgan fingerprint density at radius 3 is 2.58 bits per heavy atom. The molecular formula is C14H26N2O3. The maximum Gasteiger partial charge on any atom is 0.162 e. The van der Waals surface area contributed by atoms with Crippen molar-refractivity contribution in [2.24, 2.45) is 0 Å². The summed E-state index contributed by atoms with van der Waals surface area (Å²) in [6, 6.07) is 0. The first-order valence-corrected chi connectivity index (χ1v) is 6.95. The van der Waals surface area contributed by atoms with Crippen LogP contribution in [0.15, 0.2) is 6.20 Å². The van der Waals surface area contributed by atoms with Gasteiger partial charge in [-0.2, -0.15) is 5.10 Å². The van der Waals surface area contributed by atoms with Gasteiger partial charge in [0.15, 0.2) is 5.75 Å².